The highest BCUT2D eigenvalue weighted by atomic mass is 32.1. The number of thiophene rings is 1. The molecule has 0 aliphatic heterocycles. The van der Waals surface area contributed by atoms with Gasteiger partial charge >= 0.3 is 0 Å². The van der Waals surface area contributed by atoms with E-state index < -0.39 is 5.54 Å². The van der Waals surface area contributed by atoms with Crippen LogP contribution >= 0.6 is 11.3 Å². The number of nitrogens with one attached hydrogen (secondary N) is 1. The zero-order chi connectivity index (χ0) is 16.7. The average molecular weight is 338 g/mol. The van der Waals surface area contributed by atoms with Gasteiger partial charge in [-0.1, -0.05) is 24.3 Å². The third-order valence-corrected chi connectivity index (χ3v) is 5.73. The number of para-hydroxylation sites is 1. The Morgan fingerprint density at radius 3 is 2.79 bits per heavy atom. The highest BCUT2D eigenvalue weighted by Crippen LogP contribution is 2.40. The van der Waals surface area contributed by atoms with Gasteiger partial charge in [-0.3, -0.25) is 9.59 Å². The van der Waals surface area contributed by atoms with Gasteiger partial charge in [-0.15, -0.1) is 11.3 Å². The van der Waals surface area contributed by atoms with Gasteiger partial charge in [0.25, 0.3) is 5.91 Å². The van der Waals surface area contributed by atoms with Crippen molar-refractivity contribution in [3.05, 3.63) is 58.4 Å². The predicted molar refractivity (Wildman–Crippen MR) is 95.2 cm³/mol. The van der Waals surface area contributed by atoms with Gasteiger partial charge in [-0.25, -0.2) is 0 Å². The van der Waals surface area contributed by atoms with Gasteiger partial charge < -0.3 is 9.88 Å². The van der Waals surface area contributed by atoms with Gasteiger partial charge in [-0.2, -0.15) is 0 Å². The van der Waals surface area contributed by atoms with Crippen molar-refractivity contribution in [2.24, 2.45) is 7.05 Å². The molecule has 2 heterocycles. The lowest BCUT2D eigenvalue weighted by Gasteiger charge is -2.28. The SMILES string of the molecule is Cn1cc(C2(NC(=O)c3cccs3)CCCC2=O)c2ccccc21. The number of benzene rings is 1. The van der Waals surface area contributed by atoms with E-state index in [-0.39, 0.29) is 11.7 Å². The van der Waals surface area contributed by atoms with Crippen LogP contribution in [0.15, 0.2) is 48.0 Å². The number of ketones is 1. The summed E-state index contributed by atoms with van der Waals surface area (Å²) in [7, 11) is 1.97. The lowest BCUT2D eigenvalue weighted by Crippen LogP contribution is -2.48. The molecule has 0 radical (unpaired) electrons. The van der Waals surface area contributed by atoms with Crippen LogP contribution in [0.2, 0.25) is 0 Å². The molecule has 4 rings (SSSR count). The molecule has 1 N–H and O–H groups in total. The molecule has 3 aromatic rings. The summed E-state index contributed by atoms with van der Waals surface area (Å²) in [6.45, 7) is 0. The first kappa shape index (κ1) is 15.1. The summed E-state index contributed by atoms with van der Waals surface area (Å²) in [5.74, 6) is -0.0723. The maximum absolute atomic E-state index is 12.8. The van der Waals surface area contributed by atoms with Gasteiger partial charge in [0.2, 0.25) is 0 Å². The largest absolute Gasteiger partial charge is 0.350 e. The second kappa shape index (κ2) is 5.60. The van der Waals surface area contributed by atoms with Crippen LogP contribution in [0.4, 0.5) is 0 Å². The minimum absolute atomic E-state index is 0.101. The summed E-state index contributed by atoms with van der Waals surface area (Å²) in [5, 5.41) is 5.98. The summed E-state index contributed by atoms with van der Waals surface area (Å²) in [6.07, 6.45) is 3.94. The monoisotopic (exact) mass is 338 g/mol. The van der Waals surface area contributed by atoms with Crippen LogP contribution in [-0.4, -0.2) is 16.3 Å². The van der Waals surface area contributed by atoms with Crippen LogP contribution in [0.25, 0.3) is 10.9 Å². The van der Waals surface area contributed by atoms with E-state index in [2.05, 4.69) is 5.32 Å². The molecule has 1 aromatic carbocycles. The summed E-state index contributed by atoms with van der Waals surface area (Å²) < 4.78 is 2.02. The molecule has 0 bridgehead atoms. The van der Waals surface area contributed by atoms with Gasteiger partial charge in [-0.05, 0) is 30.4 Å². The van der Waals surface area contributed by atoms with Gasteiger partial charge in [0.1, 0.15) is 5.54 Å². The Bertz CT molecular complexity index is 926. The molecule has 1 aliphatic carbocycles. The summed E-state index contributed by atoms with van der Waals surface area (Å²) in [5.41, 5.74) is 1.06. The molecule has 1 aliphatic rings. The number of fused-ring (bicyclic) bond motifs is 1. The van der Waals surface area contributed by atoms with Crippen LogP contribution in [0, 0.1) is 0 Å². The Kier molecular flexibility index (Phi) is 3.53. The zero-order valence-corrected chi connectivity index (χ0v) is 14.2. The Morgan fingerprint density at radius 2 is 2.08 bits per heavy atom. The second-order valence-corrected chi connectivity index (χ2v) is 7.23. The van der Waals surface area contributed by atoms with E-state index in [0.717, 1.165) is 22.9 Å². The number of aryl methyl sites for hydroxylation is 1. The van der Waals surface area contributed by atoms with Gasteiger partial charge in [0, 0.05) is 36.1 Å². The van der Waals surface area contributed by atoms with Crippen LogP contribution in [0.3, 0.4) is 0 Å². The third kappa shape index (κ3) is 2.19. The normalized spacial score (nSPS) is 20.6. The molecule has 0 saturated heterocycles. The van der Waals surface area contributed by atoms with Crippen molar-refractivity contribution in [1.29, 1.82) is 0 Å². The molecule has 24 heavy (non-hydrogen) atoms. The molecule has 1 unspecified atom stereocenters. The molecule has 5 heteroatoms. The van der Waals surface area contributed by atoms with Crippen molar-refractivity contribution in [3.8, 4) is 0 Å². The minimum atomic E-state index is -0.915. The molecule has 1 saturated carbocycles. The van der Waals surface area contributed by atoms with Crippen molar-refractivity contribution in [3.63, 3.8) is 0 Å². The number of carbonyl (C=O) groups is 2. The van der Waals surface area contributed by atoms with E-state index >= 15 is 0 Å². The Morgan fingerprint density at radius 1 is 1.25 bits per heavy atom. The third-order valence-electron chi connectivity index (χ3n) is 4.86. The van der Waals surface area contributed by atoms with Crippen molar-refractivity contribution in [2.45, 2.75) is 24.8 Å². The van der Waals surface area contributed by atoms with Gasteiger partial charge in [0.05, 0.1) is 4.88 Å². The summed E-state index contributed by atoms with van der Waals surface area (Å²) >= 11 is 1.39. The first-order chi connectivity index (χ1) is 11.6. The van der Waals surface area contributed by atoms with Gasteiger partial charge in [0.15, 0.2) is 5.78 Å². The molecule has 2 aromatic heterocycles. The van der Waals surface area contributed by atoms with E-state index in [1.54, 1.807) is 6.07 Å². The van der Waals surface area contributed by atoms with Crippen LogP contribution in [0.1, 0.15) is 34.5 Å². The first-order valence-corrected chi connectivity index (χ1v) is 8.94. The van der Waals surface area contributed by atoms with E-state index in [9.17, 15) is 9.59 Å². The smallest absolute Gasteiger partial charge is 0.262 e. The number of Topliss-reactive ketones (excluding diaryl/α,β-unsaturated/α-hetero) is 1. The first-order valence-electron chi connectivity index (χ1n) is 8.06. The molecular weight excluding hydrogens is 320 g/mol. The molecule has 1 amide bonds. The molecule has 0 spiro atoms. The Hall–Kier alpha value is -2.40. The van der Waals surface area contributed by atoms with E-state index in [1.165, 1.54) is 11.3 Å². The minimum Gasteiger partial charge on any atom is -0.350 e. The number of nitrogens with zero attached hydrogens (tertiary/aromatic N) is 1. The number of hydrogen-bond donors (Lipinski definition) is 1. The number of amides is 1. The van der Waals surface area contributed by atoms with Crippen molar-refractivity contribution in [1.82, 2.24) is 9.88 Å². The fourth-order valence-corrected chi connectivity index (χ4v) is 4.32. The molecule has 4 nitrogen and oxygen atoms in total. The zero-order valence-electron chi connectivity index (χ0n) is 13.4. The molecular formula is C19H18N2O2S. The Labute approximate surface area is 144 Å². The molecule has 122 valence electrons. The predicted octanol–water partition coefficient (Wildman–Crippen LogP) is 3.62. The highest BCUT2D eigenvalue weighted by molar-refractivity contribution is 7.12. The van der Waals surface area contributed by atoms with Crippen molar-refractivity contribution < 1.29 is 9.59 Å². The second-order valence-electron chi connectivity index (χ2n) is 6.28. The maximum Gasteiger partial charge on any atom is 0.262 e. The fourth-order valence-electron chi connectivity index (χ4n) is 3.70. The summed E-state index contributed by atoms with van der Waals surface area (Å²) in [6, 6.07) is 11.7. The lowest BCUT2D eigenvalue weighted by atomic mass is 9.86. The Balaban J connectivity index is 1.85. The topological polar surface area (TPSA) is 51.1 Å². The van der Waals surface area contributed by atoms with E-state index in [4.69, 9.17) is 0 Å². The van der Waals surface area contributed by atoms with E-state index in [1.807, 2.05) is 53.5 Å². The van der Waals surface area contributed by atoms with E-state index in [0.29, 0.717) is 17.7 Å². The number of carbonyl (C=O) groups excluding carboxylic acids is 2. The van der Waals surface area contributed by atoms with Crippen LogP contribution in [-0.2, 0) is 17.4 Å². The lowest BCUT2D eigenvalue weighted by molar-refractivity contribution is -0.123. The van der Waals surface area contributed by atoms with Crippen LogP contribution < -0.4 is 5.32 Å². The number of rotatable bonds is 3. The van der Waals surface area contributed by atoms with Crippen molar-refractivity contribution >= 4 is 33.9 Å². The molecule has 1 fully saturated rings. The molecule has 1 atom stereocenters. The van der Waals surface area contributed by atoms with Crippen molar-refractivity contribution in [2.75, 3.05) is 0 Å². The standard InChI is InChI=1S/C19H18N2O2S/c1-21-12-14(13-6-2-3-7-15(13)21)19(10-4-9-17(19)22)20-18(23)16-8-5-11-24-16/h2-3,5-8,11-12H,4,9-10H2,1H3,(H,20,23). The summed E-state index contributed by atoms with van der Waals surface area (Å²) in [4.78, 5) is 26.1. The number of aromatic nitrogens is 1. The van der Waals surface area contributed by atoms with Crippen LogP contribution in [0.5, 0.6) is 0 Å². The highest BCUT2D eigenvalue weighted by Gasteiger charge is 2.46. The maximum atomic E-state index is 12.8. The quantitative estimate of drug-likeness (QED) is 0.793. The number of hydrogen-bond acceptors (Lipinski definition) is 3. The average Bonchev–Trinajstić information content (AvgIpc) is 3.29. The fraction of sp³-hybridized carbons (Fsp3) is 0.263.